The lowest BCUT2D eigenvalue weighted by atomic mass is 10.1. The monoisotopic (exact) mass is 247 g/mol. The van der Waals surface area contributed by atoms with Gasteiger partial charge in [0, 0.05) is 13.0 Å². The molecule has 1 amide bonds. The summed E-state index contributed by atoms with van der Waals surface area (Å²) in [6.07, 6.45) is 2.14. The lowest BCUT2D eigenvalue weighted by Crippen LogP contribution is -2.25. The van der Waals surface area contributed by atoms with Crippen molar-refractivity contribution in [2.24, 2.45) is 0 Å². The zero-order chi connectivity index (χ0) is 13.0. The summed E-state index contributed by atoms with van der Waals surface area (Å²) >= 11 is 0. The molecule has 5 heteroatoms. The molecule has 0 radical (unpaired) electrons. The maximum atomic E-state index is 11.7. The third-order valence-corrected chi connectivity index (χ3v) is 2.46. The molecule has 0 bridgehead atoms. The number of phenolic OH excluding ortho intramolecular Hbond substituents is 2. The molecule has 18 heavy (non-hydrogen) atoms. The van der Waals surface area contributed by atoms with E-state index in [0.717, 1.165) is 5.76 Å². The highest BCUT2D eigenvalue weighted by Crippen LogP contribution is 2.21. The minimum Gasteiger partial charge on any atom is -0.508 e. The first-order valence-electron chi connectivity index (χ1n) is 5.49. The average Bonchev–Trinajstić information content (AvgIpc) is 2.85. The first-order chi connectivity index (χ1) is 8.66. The number of aromatic hydroxyl groups is 2. The Labute approximate surface area is 104 Å². The maximum Gasteiger partial charge on any atom is 0.255 e. The fourth-order valence-corrected chi connectivity index (χ4v) is 1.56. The van der Waals surface area contributed by atoms with Crippen LogP contribution in [0.15, 0.2) is 41.0 Å². The van der Waals surface area contributed by atoms with Crippen LogP contribution in [-0.2, 0) is 6.42 Å². The predicted molar refractivity (Wildman–Crippen MR) is 64.5 cm³/mol. The van der Waals surface area contributed by atoms with Gasteiger partial charge in [-0.1, -0.05) is 0 Å². The molecule has 1 aromatic carbocycles. The smallest absolute Gasteiger partial charge is 0.255 e. The zero-order valence-electron chi connectivity index (χ0n) is 9.59. The Morgan fingerprint density at radius 2 is 2.11 bits per heavy atom. The molecule has 2 aromatic rings. The molecule has 2 rings (SSSR count). The van der Waals surface area contributed by atoms with Gasteiger partial charge in [0.15, 0.2) is 0 Å². The number of benzene rings is 1. The van der Waals surface area contributed by atoms with E-state index in [-0.39, 0.29) is 17.1 Å². The summed E-state index contributed by atoms with van der Waals surface area (Å²) in [4.78, 5) is 11.7. The van der Waals surface area contributed by atoms with Gasteiger partial charge in [-0.05, 0) is 30.3 Å². The van der Waals surface area contributed by atoms with E-state index in [4.69, 9.17) is 4.42 Å². The third kappa shape index (κ3) is 2.82. The molecule has 0 aliphatic rings. The van der Waals surface area contributed by atoms with Crippen LogP contribution in [-0.4, -0.2) is 22.7 Å². The standard InChI is InChI=1S/C13H13NO4/c15-9-3-4-12(16)11(8-9)13(17)14-6-5-10-2-1-7-18-10/h1-4,7-8,15-16H,5-6H2,(H,14,17). The number of hydrogen-bond acceptors (Lipinski definition) is 4. The van der Waals surface area contributed by atoms with Gasteiger partial charge >= 0.3 is 0 Å². The number of carbonyl (C=O) groups is 1. The molecule has 0 spiro atoms. The topological polar surface area (TPSA) is 82.7 Å². The van der Waals surface area contributed by atoms with Crippen molar-refractivity contribution in [3.8, 4) is 11.5 Å². The molecule has 0 aliphatic carbocycles. The van der Waals surface area contributed by atoms with E-state index in [0.29, 0.717) is 13.0 Å². The number of carbonyl (C=O) groups excluding carboxylic acids is 1. The number of nitrogens with one attached hydrogen (secondary N) is 1. The summed E-state index contributed by atoms with van der Waals surface area (Å²) in [5, 5.41) is 21.4. The normalized spacial score (nSPS) is 10.2. The van der Waals surface area contributed by atoms with Crippen molar-refractivity contribution in [1.82, 2.24) is 5.32 Å². The fraction of sp³-hybridized carbons (Fsp3) is 0.154. The number of hydrogen-bond donors (Lipinski definition) is 3. The fourth-order valence-electron chi connectivity index (χ4n) is 1.56. The largest absolute Gasteiger partial charge is 0.508 e. The van der Waals surface area contributed by atoms with Crippen LogP contribution < -0.4 is 5.32 Å². The van der Waals surface area contributed by atoms with E-state index < -0.39 is 5.91 Å². The van der Waals surface area contributed by atoms with Crippen LogP contribution in [0.3, 0.4) is 0 Å². The summed E-state index contributed by atoms with van der Waals surface area (Å²) in [7, 11) is 0. The number of amides is 1. The van der Waals surface area contributed by atoms with Gasteiger partial charge in [0.25, 0.3) is 5.91 Å². The number of furan rings is 1. The first-order valence-corrected chi connectivity index (χ1v) is 5.49. The molecule has 5 nitrogen and oxygen atoms in total. The SMILES string of the molecule is O=C(NCCc1ccco1)c1cc(O)ccc1O. The molecule has 0 saturated carbocycles. The number of phenols is 2. The first kappa shape index (κ1) is 12.0. The highest BCUT2D eigenvalue weighted by atomic mass is 16.3. The summed E-state index contributed by atoms with van der Waals surface area (Å²) in [5.74, 6) is 0.109. The van der Waals surface area contributed by atoms with Gasteiger partial charge < -0.3 is 19.9 Å². The summed E-state index contributed by atoms with van der Waals surface area (Å²) in [6.45, 7) is 0.390. The van der Waals surface area contributed by atoms with Crippen molar-refractivity contribution in [2.75, 3.05) is 6.54 Å². The van der Waals surface area contributed by atoms with Gasteiger partial charge in [-0.15, -0.1) is 0 Å². The Kier molecular flexibility index (Phi) is 3.52. The van der Waals surface area contributed by atoms with Crippen molar-refractivity contribution >= 4 is 5.91 Å². The van der Waals surface area contributed by atoms with E-state index in [1.54, 1.807) is 12.3 Å². The van der Waals surface area contributed by atoms with E-state index in [1.165, 1.54) is 18.2 Å². The van der Waals surface area contributed by atoms with Gasteiger partial charge in [-0.25, -0.2) is 0 Å². The van der Waals surface area contributed by atoms with Crippen molar-refractivity contribution in [2.45, 2.75) is 6.42 Å². The van der Waals surface area contributed by atoms with Crippen molar-refractivity contribution in [1.29, 1.82) is 0 Å². The second-order valence-electron chi connectivity index (χ2n) is 3.79. The molecule has 0 atom stereocenters. The highest BCUT2D eigenvalue weighted by Gasteiger charge is 2.11. The van der Waals surface area contributed by atoms with E-state index >= 15 is 0 Å². The third-order valence-electron chi connectivity index (χ3n) is 2.46. The van der Waals surface area contributed by atoms with Gasteiger partial charge in [0.2, 0.25) is 0 Å². The molecule has 3 N–H and O–H groups in total. The van der Waals surface area contributed by atoms with E-state index in [2.05, 4.69) is 5.32 Å². The van der Waals surface area contributed by atoms with Gasteiger partial charge in [-0.2, -0.15) is 0 Å². The predicted octanol–water partition coefficient (Wildman–Crippen LogP) is 1.66. The van der Waals surface area contributed by atoms with Gasteiger partial charge in [-0.3, -0.25) is 4.79 Å². The van der Waals surface area contributed by atoms with E-state index in [1.807, 2.05) is 6.07 Å². The second kappa shape index (κ2) is 5.27. The lowest BCUT2D eigenvalue weighted by Gasteiger charge is -2.06. The van der Waals surface area contributed by atoms with Gasteiger partial charge in [0.05, 0.1) is 11.8 Å². The van der Waals surface area contributed by atoms with Crippen LogP contribution in [0.4, 0.5) is 0 Å². The molecular formula is C13H13NO4. The van der Waals surface area contributed by atoms with Crippen LogP contribution in [0.1, 0.15) is 16.1 Å². The molecule has 0 unspecified atom stereocenters. The van der Waals surface area contributed by atoms with Crippen molar-refractivity contribution < 1.29 is 19.4 Å². The highest BCUT2D eigenvalue weighted by molar-refractivity contribution is 5.97. The summed E-state index contributed by atoms with van der Waals surface area (Å²) in [5.41, 5.74) is 0.0504. The molecule has 94 valence electrons. The molecule has 0 aliphatic heterocycles. The average molecular weight is 247 g/mol. The van der Waals surface area contributed by atoms with Crippen molar-refractivity contribution in [3.63, 3.8) is 0 Å². The molecular weight excluding hydrogens is 234 g/mol. The van der Waals surface area contributed by atoms with Crippen LogP contribution >= 0.6 is 0 Å². The Balaban J connectivity index is 1.93. The van der Waals surface area contributed by atoms with Crippen LogP contribution in [0.2, 0.25) is 0 Å². The Morgan fingerprint density at radius 1 is 1.28 bits per heavy atom. The Hall–Kier alpha value is -2.43. The Bertz CT molecular complexity index is 534. The second-order valence-corrected chi connectivity index (χ2v) is 3.79. The van der Waals surface area contributed by atoms with Crippen LogP contribution in [0.25, 0.3) is 0 Å². The number of rotatable bonds is 4. The van der Waals surface area contributed by atoms with Crippen LogP contribution in [0, 0.1) is 0 Å². The molecule has 1 heterocycles. The molecule has 0 fully saturated rings. The van der Waals surface area contributed by atoms with Crippen molar-refractivity contribution in [3.05, 3.63) is 47.9 Å². The summed E-state index contributed by atoms with van der Waals surface area (Å²) in [6, 6.07) is 7.40. The van der Waals surface area contributed by atoms with Crippen LogP contribution in [0.5, 0.6) is 11.5 Å². The minimum absolute atomic E-state index is 0.0504. The summed E-state index contributed by atoms with van der Waals surface area (Å²) < 4.78 is 5.12. The molecule has 1 aromatic heterocycles. The lowest BCUT2D eigenvalue weighted by molar-refractivity contribution is 0.0950. The minimum atomic E-state index is -0.435. The Morgan fingerprint density at radius 3 is 2.83 bits per heavy atom. The quantitative estimate of drug-likeness (QED) is 0.717. The molecule has 0 saturated heterocycles. The maximum absolute atomic E-state index is 11.7. The zero-order valence-corrected chi connectivity index (χ0v) is 9.59. The van der Waals surface area contributed by atoms with E-state index in [9.17, 15) is 15.0 Å². The van der Waals surface area contributed by atoms with Gasteiger partial charge in [0.1, 0.15) is 17.3 Å².